The highest BCUT2D eigenvalue weighted by Gasteiger charge is 2.13. The van der Waals surface area contributed by atoms with Crippen molar-refractivity contribution in [3.05, 3.63) is 0 Å². The van der Waals surface area contributed by atoms with Crippen molar-refractivity contribution >= 4 is 46.2 Å². The molecule has 1 aromatic heterocycles. The van der Waals surface area contributed by atoms with Crippen LogP contribution in [-0.4, -0.2) is 0 Å². The number of nitrogens with zero attached hydrogens (tertiary/aromatic N) is 2. The van der Waals surface area contributed by atoms with Gasteiger partial charge in [-0.3, -0.25) is 0 Å². The van der Waals surface area contributed by atoms with Crippen molar-refractivity contribution in [2.75, 3.05) is 11.5 Å². The summed E-state index contributed by atoms with van der Waals surface area (Å²) in [5, 5.41) is 20.7. The van der Waals surface area contributed by atoms with Crippen molar-refractivity contribution in [2.24, 2.45) is 0 Å². The lowest BCUT2D eigenvalue weighted by atomic mass is 10.5. The first-order chi connectivity index (χ1) is 6.20. The average Bonchev–Trinajstić information content (AvgIpc) is 2.36. The molecule has 1 rings (SSSR count). The number of rotatable bonds is 2. The molecule has 1 aromatic rings. The van der Waals surface area contributed by atoms with E-state index in [0.717, 1.165) is 23.5 Å². The molecule has 0 radical (unpaired) electrons. The van der Waals surface area contributed by atoms with Gasteiger partial charge < -0.3 is 11.5 Å². The summed E-state index contributed by atoms with van der Waals surface area (Å²) in [6, 6.07) is 0. The molecule has 13 heavy (non-hydrogen) atoms. The zero-order chi connectivity index (χ0) is 9.84. The first kappa shape index (κ1) is 10.1. The van der Waals surface area contributed by atoms with Crippen LogP contribution in [0.1, 0.15) is 0 Å². The molecule has 0 aromatic carbocycles. The van der Waals surface area contributed by atoms with Crippen LogP contribution in [0.25, 0.3) is 0 Å². The second-order valence-corrected chi connectivity index (χ2v) is 5.02. The van der Waals surface area contributed by atoms with Crippen molar-refractivity contribution in [3.63, 3.8) is 0 Å². The fourth-order valence-corrected chi connectivity index (χ4v) is 3.08. The van der Waals surface area contributed by atoms with Crippen LogP contribution >= 0.6 is 34.9 Å². The van der Waals surface area contributed by atoms with Crippen LogP contribution in [-0.2, 0) is 0 Å². The van der Waals surface area contributed by atoms with Gasteiger partial charge in [0.1, 0.15) is 19.2 Å². The number of thiocyanates is 2. The van der Waals surface area contributed by atoms with Gasteiger partial charge in [0.25, 0.3) is 0 Å². The van der Waals surface area contributed by atoms with E-state index < -0.39 is 0 Å². The highest BCUT2D eigenvalue weighted by atomic mass is 32.2. The maximum atomic E-state index is 8.43. The summed E-state index contributed by atoms with van der Waals surface area (Å²) in [7, 11) is 0. The predicted molar refractivity (Wildman–Crippen MR) is 56.1 cm³/mol. The molecule has 0 aliphatic rings. The lowest BCUT2D eigenvalue weighted by Gasteiger charge is -1.91. The van der Waals surface area contributed by atoms with Crippen LogP contribution < -0.4 is 11.5 Å². The van der Waals surface area contributed by atoms with E-state index in [1.54, 1.807) is 0 Å². The molecule has 0 aliphatic carbocycles. The van der Waals surface area contributed by atoms with E-state index in [-0.39, 0.29) is 0 Å². The third kappa shape index (κ3) is 2.01. The van der Waals surface area contributed by atoms with Crippen LogP contribution in [0.15, 0.2) is 8.42 Å². The van der Waals surface area contributed by atoms with Gasteiger partial charge in [-0.1, -0.05) is 0 Å². The Morgan fingerprint density at radius 1 is 1.00 bits per heavy atom. The first-order valence-electron chi connectivity index (χ1n) is 3.00. The summed E-state index contributed by atoms with van der Waals surface area (Å²) in [5.74, 6) is 0. The first-order valence-corrected chi connectivity index (χ1v) is 5.45. The van der Waals surface area contributed by atoms with Crippen molar-refractivity contribution in [1.82, 2.24) is 0 Å². The van der Waals surface area contributed by atoms with Gasteiger partial charge in [0.15, 0.2) is 0 Å². The lowest BCUT2D eigenvalue weighted by Crippen LogP contribution is -1.91. The fourth-order valence-electron chi connectivity index (χ4n) is 0.649. The van der Waals surface area contributed by atoms with Gasteiger partial charge in [-0.15, -0.1) is 11.3 Å². The molecule has 0 saturated carbocycles. The number of thioether (sulfide) groups is 2. The Bertz CT molecular complexity index is 361. The van der Waals surface area contributed by atoms with Crippen molar-refractivity contribution < 1.29 is 0 Å². The smallest absolute Gasteiger partial charge is 0.139 e. The molecule has 0 bridgehead atoms. The minimum atomic E-state index is 0.398. The fraction of sp³-hybridized carbons (Fsp3) is 0. The number of nitriles is 2. The normalized spacial score (nSPS) is 9.08. The minimum Gasteiger partial charge on any atom is -0.395 e. The Kier molecular flexibility index (Phi) is 3.32. The minimum absolute atomic E-state index is 0.398. The molecule has 1 heterocycles. The third-order valence-electron chi connectivity index (χ3n) is 1.19. The second-order valence-electron chi connectivity index (χ2n) is 1.89. The number of thiophene rings is 1. The molecular formula is C6H4N4S3. The van der Waals surface area contributed by atoms with Crippen LogP contribution in [0.4, 0.5) is 11.4 Å². The van der Waals surface area contributed by atoms with E-state index in [1.807, 2.05) is 10.8 Å². The van der Waals surface area contributed by atoms with Crippen LogP contribution in [0, 0.1) is 21.3 Å². The zero-order valence-corrected chi connectivity index (χ0v) is 8.72. The van der Waals surface area contributed by atoms with Gasteiger partial charge in [-0.05, 0) is 0 Å². The molecule has 4 nitrogen and oxygen atoms in total. The molecule has 66 valence electrons. The highest BCUT2D eigenvalue weighted by molar-refractivity contribution is 8.07. The average molecular weight is 228 g/mol. The van der Waals surface area contributed by atoms with Crippen molar-refractivity contribution in [2.45, 2.75) is 8.42 Å². The Morgan fingerprint density at radius 2 is 1.38 bits per heavy atom. The molecule has 0 fully saturated rings. The summed E-state index contributed by atoms with van der Waals surface area (Å²) in [4.78, 5) is 0. The van der Waals surface area contributed by atoms with Gasteiger partial charge in [0.2, 0.25) is 0 Å². The Hall–Kier alpha value is -1.02. The largest absolute Gasteiger partial charge is 0.395 e. The number of nitrogen functional groups attached to an aromatic ring is 2. The quantitative estimate of drug-likeness (QED) is 0.593. The number of hydrogen-bond donors (Lipinski definition) is 2. The molecule has 7 heteroatoms. The Balaban J connectivity index is 3.07. The van der Waals surface area contributed by atoms with Crippen molar-refractivity contribution in [3.8, 4) is 10.8 Å². The molecule has 0 aliphatic heterocycles. The molecule has 0 atom stereocenters. The second kappa shape index (κ2) is 4.28. The lowest BCUT2D eigenvalue weighted by molar-refractivity contribution is 1.56. The standard InChI is InChI=1S/C6H4N4S3/c7-1-11-5-3(9)4(10)6(13-5)12-2-8/h9-10H2. The van der Waals surface area contributed by atoms with E-state index in [1.165, 1.54) is 11.3 Å². The molecule has 0 spiro atoms. The van der Waals surface area contributed by atoms with E-state index >= 15 is 0 Å². The van der Waals surface area contributed by atoms with E-state index in [0.29, 0.717) is 19.8 Å². The predicted octanol–water partition coefficient (Wildman–Crippen LogP) is 2.06. The molecule has 0 amide bonds. The van der Waals surface area contributed by atoms with Crippen molar-refractivity contribution in [1.29, 1.82) is 10.5 Å². The van der Waals surface area contributed by atoms with Gasteiger partial charge in [0.05, 0.1) is 11.4 Å². The molecule has 0 saturated heterocycles. The SMILES string of the molecule is N#CSc1sc(SC#N)c(N)c1N. The van der Waals surface area contributed by atoms with Gasteiger partial charge in [-0.2, -0.15) is 10.5 Å². The number of anilines is 2. The van der Waals surface area contributed by atoms with Gasteiger partial charge >= 0.3 is 0 Å². The van der Waals surface area contributed by atoms with Gasteiger partial charge in [0, 0.05) is 23.5 Å². The molecule has 4 N–H and O–H groups in total. The monoisotopic (exact) mass is 228 g/mol. The summed E-state index contributed by atoms with van der Waals surface area (Å²) in [5.41, 5.74) is 12.0. The van der Waals surface area contributed by atoms with Crippen LogP contribution in [0.5, 0.6) is 0 Å². The number of hydrogen-bond acceptors (Lipinski definition) is 7. The molecular weight excluding hydrogens is 224 g/mol. The van der Waals surface area contributed by atoms with Gasteiger partial charge in [-0.25, -0.2) is 0 Å². The topological polar surface area (TPSA) is 99.6 Å². The van der Waals surface area contributed by atoms with Crippen LogP contribution in [0.2, 0.25) is 0 Å². The summed E-state index contributed by atoms with van der Waals surface area (Å²) >= 11 is 3.18. The maximum Gasteiger partial charge on any atom is 0.139 e. The van der Waals surface area contributed by atoms with Crippen LogP contribution in [0.3, 0.4) is 0 Å². The highest BCUT2D eigenvalue weighted by Crippen LogP contribution is 2.44. The zero-order valence-electron chi connectivity index (χ0n) is 6.27. The summed E-state index contributed by atoms with van der Waals surface area (Å²) in [6.45, 7) is 0. The Morgan fingerprint density at radius 3 is 1.69 bits per heavy atom. The third-order valence-corrected chi connectivity index (χ3v) is 4.00. The van der Waals surface area contributed by atoms with E-state index in [4.69, 9.17) is 22.0 Å². The molecule has 0 unspecified atom stereocenters. The summed E-state index contributed by atoms with van der Waals surface area (Å²) in [6.07, 6.45) is 0. The Labute approximate surface area is 87.5 Å². The number of nitrogens with two attached hydrogens (primary N) is 2. The summed E-state index contributed by atoms with van der Waals surface area (Å²) < 4.78 is 1.30. The van der Waals surface area contributed by atoms with E-state index in [9.17, 15) is 0 Å². The maximum absolute atomic E-state index is 8.43. The van der Waals surface area contributed by atoms with E-state index in [2.05, 4.69) is 0 Å².